The summed E-state index contributed by atoms with van der Waals surface area (Å²) in [5, 5.41) is 0. The smallest absolute Gasteiger partial charge is 0.244 e. The van der Waals surface area contributed by atoms with Crippen LogP contribution in [0.4, 0.5) is 5.69 Å². The van der Waals surface area contributed by atoms with Gasteiger partial charge in [-0.1, -0.05) is 19.3 Å². The number of ether oxygens (including phenoxy) is 1. The first-order valence-corrected chi connectivity index (χ1v) is 8.91. The molecule has 3 N–H and O–H groups in total. The molecule has 0 saturated heterocycles. The van der Waals surface area contributed by atoms with Crippen molar-refractivity contribution in [1.82, 2.24) is 4.72 Å². The molecule has 0 spiro atoms. The Morgan fingerprint density at radius 1 is 1.29 bits per heavy atom. The Bertz CT molecular complexity index is 593. The fraction of sp³-hybridized carbons (Fsp3) is 0.600. The predicted molar refractivity (Wildman–Crippen MR) is 83.8 cm³/mol. The molecule has 1 aromatic carbocycles. The number of rotatable bonds is 5. The van der Waals surface area contributed by atoms with Crippen LogP contribution in [0.5, 0.6) is 5.75 Å². The summed E-state index contributed by atoms with van der Waals surface area (Å²) in [6.45, 7) is 4.20. The number of hydrogen-bond acceptors (Lipinski definition) is 4. The number of sulfonamides is 1. The van der Waals surface area contributed by atoms with Crippen molar-refractivity contribution in [3.63, 3.8) is 0 Å². The summed E-state index contributed by atoms with van der Waals surface area (Å²) >= 11 is 0. The molecule has 0 radical (unpaired) electrons. The van der Waals surface area contributed by atoms with Crippen molar-refractivity contribution in [3.05, 3.63) is 18.2 Å². The third-order valence-corrected chi connectivity index (χ3v) is 5.55. The monoisotopic (exact) mass is 312 g/mol. The van der Waals surface area contributed by atoms with E-state index in [4.69, 9.17) is 10.5 Å². The van der Waals surface area contributed by atoms with Gasteiger partial charge in [-0.15, -0.1) is 0 Å². The van der Waals surface area contributed by atoms with Crippen LogP contribution >= 0.6 is 0 Å². The molecule has 0 aromatic heterocycles. The summed E-state index contributed by atoms with van der Waals surface area (Å²) < 4.78 is 33.7. The van der Waals surface area contributed by atoms with Gasteiger partial charge in [-0.05, 0) is 44.9 Å². The lowest BCUT2D eigenvalue weighted by atomic mass is 9.84. The van der Waals surface area contributed by atoms with Gasteiger partial charge in [0.2, 0.25) is 10.0 Å². The van der Waals surface area contributed by atoms with E-state index in [0.717, 1.165) is 25.7 Å². The summed E-state index contributed by atoms with van der Waals surface area (Å²) in [5.41, 5.74) is 5.76. The molecule has 5 nitrogen and oxygen atoms in total. The van der Waals surface area contributed by atoms with E-state index in [9.17, 15) is 8.42 Å². The maximum absolute atomic E-state index is 12.7. The normalized spacial score (nSPS) is 18.4. The van der Waals surface area contributed by atoms with Gasteiger partial charge in [-0.25, -0.2) is 13.1 Å². The van der Waals surface area contributed by atoms with Crippen molar-refractivity contribution in [3.8, 4) is 5.75 Å². The molecule has 0 bridgehead atoms. The van der Waals surface area contributed by atoms with E-state index >= 15 is 0 Å². The van der Waals surface area contributed by atoms with Crippen molar-refractivity contribution < 1.29 is 13.2 Å². The Labute approximate surface area is 126 Å². The average molecular weight is 312 g/mol. The van der Waals surface area contributed by atoms with Crippen LogP contribution in [0.2, 0.25) is 0 Å². The van der Waals surface area contributed by atoms with Gasteiger partial charge in [-0.2, -0.15) is 0 Å². The zero-order chi connectivity index (χ0) is 15.5. The zero-order valence-electron chi connectivity index (χ0n) is 12.7. The molecule has 0 aliphatic heterocycles. The highest BCUT2D eigenvalue weighted by Gasteiger charge is 2.33. The molecule has 0 unspecified atom stereocenters. The van der Waals surface area contributed by atoms with Crippen LogP contribution in [0.15, 0.2) is 23.1 Å². The van der Waals surface area contributed by atoms with Gasteiger partial charge in [0.15, 0.2) is 0 Å². The van der Waals surface area contributed by atoms with Crippen molar-refractivity contribution in [2.75, 3.05) is 12.3 Å². The molecular formula is C15H24N2O3S. The molecule has 1 aliphatic carbocycles. The van der Waals surface area contributed by atoms with Crippen LogP contribution in [0, 0.1) is 0 Å². The molecular weight excluding hydrogens is 288 g/mol. The lowest BCUT2D eigenvalue weighted by Crippen LogP contribution is -2.47. The summed E-state index contributed by atoms with van der Waals surface area (Å²) in [6, 6.07) is 4.71. The number of nitrogen functional groups attached to an aromatic ring is 1. The third-order valence-electron chi connectivity index (χ3n) is 3.89. The van der Waals surface area contributed by atoms with Gasteiger partial charge in [0, 0.05) is 11.2 Å². The number of benzene rings is 1. The van der Waals surface area contributed by atoms with Gasteiger partial charge in [-0.3, -0.25) is 0 Å². The lowest BCUT2D eigenvalue weighted by Gasteiger charge is -2.34. The zero-order valence-corrected chi connectivity index (χ0v) is 13.5. The molecule has 6 heteroatoms. The van der Waals surface area contributed by atoms with E-state index in [1.807, 2.05) is 13.8 Å². The van der Waals surface area contributed by atoms with Gasteiger partial charge in [0.1, 0.15) is 10.6 Å². The molecule has 0 heterocycles. The molecule has 118 valence electrons. The first-order chi connectivity index (χ1) is 9.86. The van der Waals surface area contributed by atoms with Crippen molar-refractivity contribution in [2.45, 2.75) is 56.4 Å². The average Bonchev–Trinajstić information content (AvgIpc) is 2.40. The Kier molecular flexibility index (Phi) is 4.78. The Hall–Kier alpha value is -1.27. The second-order valence-electron chi connectivity index (χ2n) is 5.87. The van der Waals surface area contributed by atoms with E-state index < -0.39 is 10.0 Å². The van der Waals surface area contributed by atoms with Gasteiger partial charge < -0.3 is 10.5 Å². The van der Waals surface area contributed by atoms with E-state index in [1.165, 1.54) is 12.5 Å². The van der Waals surface area contributed by atoms with E-state index in [2.05, 4.69) is 4.72 Å². The standard InChI is InChI=1S/C15H24N2O3S/c1-3-20-13-8-7-12(16)11-14(13)21(18,19)17-15(2)9-5-4-6-10-15/h7-8,11,17H,3-6,9-10,16H2,1-2H3. The maximum atomic E-state index is 12.7. The molecule has 1 fully saturated rings. The van der Waals surface area contributed by atoms with Crippen LogP contribution in [0.3, 0.4) is 0 Å². The van der Waals surface area contributed by atoms with E-state index in [0.29, 0.717) is 18.0 Å². The first kappa shape index (κ1) is 16.1. The first-order valence-electron chi connectivity index (χ1n) is 7.43. The Morgan fingerprint density at radius 3 is 2.57 bits per heavy atom. The van der Waals surface area contributed by atoms with Crippen LogP contribution in [-0.2, 0) is 10.0 Å². The minimum atomic E-state index is -3.65. The molecule has 0 atom stereocenters. The fourth-order valence-electron chi connectivity index (χ4n) is 2.82. The van der Waals surface area contributed by atoms with Crippen LogP contribution in [-0.4, -0.2) is 20.6 Å². The molecule has 0 amide bonds. The van der Waals surface area contributed by atoms with Gasteiger partial charge in [0.25, 0.3) is 0 Å². The number of hydrogen-bond donors (Lipinski definition) is 2. The maximum Gasteiger partial charge on any atom is 0.244 e. The van der Waals surface area contributed by atoms with Crippen molar-refractivity contribution >= 4 is 15.7 Å². The van der Waals surface area contributed by atoms with E-state index in [1.54, 1.807) is 12.1 Å². The Balaban J connectivity index is 2.32. The SMILES string of the molecule is CCOc1ccc(N)cc1S(=O)(=O)NC1(C)CCCCC1. The largest absolute Gasteiger partial charge is 0.492 e. The van der Waals surface area contributed by atoms with Gasteiger partial charge in [0.05, 0.1) is 6.61 Å². The fourth-order valence-corrected chi connectivity index (χ4v) is 4.47. The summed E-state index contributed by atoms with van der Waals surface area (Å²) in [6.07, 6.45) is 4.99. The highest BCUT2D eigenvalue weighted by atomic mass is 32.2. The number of nitrogens with one attached hydrogen (secondary N) is 1. The van der Waals surface area contributed by atoms with Crippen molar-refractivity contribution in [1.29, 1.82) is 0 Å². The third kappa shape index (κ3) is 3.89. The number of anilines is 1. The highest BCUT2D eigenvalue weighted by molar-refractivity contribution is 7.89. The van der Waals surface area contributed by atoms with Crippen LogP contribution in [0.1, 0.15) is 46.0 Å². The van der Waals surface area contributed by atoms with Crippen LogP contribution in [0.25, 0.3) is 0 Å². The summed E-state index contributed by atoms with van der Waals surface area (Å²) in [5.74, 6) is 0.346. The molecule has 1 saturated carbocycles. The lowest BCUT2D eigenvalue weighted by molar-refractivity contribution is 0.292. The second kappa shape index (κ2) is 6.23. The summed E-state index contributed by atoms with van der Waals surface area (Å²) in [4.78, 5) is 0.121. The van der Waals surface area contributed by atoms with Crippen molar-refractivity contribution in [2.24, 2.45) is 0 Å². The molecule has 2 rings (SSSR count). The van der Waals surface area contributed by atoms with E-state index in [-0.39, 0.29) is 10.4 Å². The second-order valence-corrected chi connectivity index (χ2v) is 7.52. The number of nitrogens with two attached hydrogens (primary N) is 1. The predicted octanol–water partition coefficient (Wildman–Crippen LogP) is 2.67. The minimum absolute atomic E-state index is 0.121. The Morgan fingerprint density at radius 2 is 1.95 bits per heavy atom. The molecule has 1 aliphatic rings. The van der Waals surface area contributed by atoms with Gasteiger partial charge >= 0.3 is 0 Å². The molecule has 1 aromatic rings. The summed E-state index contributed by atoms with van der Waals surface area (Å²) in [7, 11) is -3.65. The highest BCUT2D eigenvalue weighted by Crippen LogP contribution is 2.32. The molecule has 21 heavy (non-hydrogen) atoms. The topological polar surface area (TPSA) is 81.4 Å². The van der Waals surface area contributed by atoms with Crippen LogP contribution < -0.4 is 15.2 Å². The quantitative estimate of drug-likeness (QED) is 0.819. The minimum Gasteiger partial charge on any atom is -0.492 e.